The Labute approximate surface area is 144 Å². The van der Waals surface area contributed by atoms with Crippen LogP contribution in [-0.2, 0) is 0 Å². The highest BCUT2D eigenvalue weighted by Gasteiger charge is 2.24. The molecular formula is C14H13BrFN5O3. The molecule has 0 atom stereocenters. The number of nitrogens with one attached hydrogen (secondary N) is 3. The quantitative estimate of drug-likeness (QED) is 0.274. The van der Waals surface area contributed by atoms with E-state index in [0.717, 1.165) is 12.8 Å². The van der Waals surface area contributed by atoms with Gasteiger partial charge in [0.1, 0.15) is 17.6 Å². The van der Waals surface area contributed by atoms with Crippen LogP contribution >= 0.6 is 15.9 Å². The summed E-state index contributed by atoms with van der Waals surface area (Å²) in [5.74, 6) is -0.349. The van der Waals surface area contributed by atoms with Gasteiger partial charge in [-0.1, -0.05) is 10.3 Å². The Morgan fingerprint density at radius 1 is 1.42 bits per heavy atom. The number of carbonyl (C=O) groups excluding carboxylic acids is 1. The summed E-state index contributed by atoms with van der Waals surface area (Å²) < 4.78 is 18.4. The SMILES string of the molecule is O=C(Nc1nocc1/C(=N/O)Nc1ccc(F)c(Br)c1)NC1CC1. The highest BCUT2D eigenvalue weighted by Crippen LogP contribution is 2.22. The fraction of sp³-hybridized carbons (Fsp3) is 0.214. The van der Waals surface area contributed by atoms with Gasteiger partial charge < -0.3 is 20.4 Å². The number of nitrogens with zero attached hydrogens (tertiary/aromatic N) is 2. The van der Waals surface area contributed by atoms with Crippen LogP contribution in [0.5, 0.6) is 0 Å². The number of rotatable bonds is 4. The minimum absolute atomic E-state index is 0.0171. The lowest BCUT2D eigenvalue weighted by Gasteiger charge is -2.09. The maximum Gasteiger partial charge on any atom is 0.320 e. The van der Waals surface area contributed by atoms with E-state index in [4.69, 9.17) is 4.52 Å². The first-order chi connectivity index (χ1) is 11.6. The number of amides is 2. The molecular weight excluding hydrogens is 385 g/mol. The van der Waals surface area contributed by atoms with Gasteiger partial charge in [-0.15, -0.1) is 0 Å². The number of urea groups is 1. The number of anilines is 2. The van der Waals surface area contributed by atoms with E-state index in [-0.39, 0.29) is 27.7 Å². The maximum absolute atomic E-state index is 13.3. The lowest BCUT2D eigenvalue weighted by atomic mass is 10.2. The van der Waals surface area contributed by atoms with E-state index in [0.29, 0.717) is 5.69 Å². The monoisotopic (exact) mass is 397 g/mol. The van der Waals surface area contributed by atoms with E-state index in [1.54, 1.807) is 0 Å². The Bertz CT molecular complexity index is 790. The predicted molar refractivity (Wildman–Crippen MR) is 87.7 cm³/mol. The highest BCUT2D eigenvalue weighted by molar-refractivity contribution is 9.10. The molecule has 8 nitrogen and oxygen atoms in total. The van der Waals surface area contributed by atoms with Gasteiger partial charge in [0, 0.05) is 11.7 Å². The van der Waals surface area contributed by atoms with Crippen LogP contribution in [0.4, 0.5) is 20.7 Å². The molecule has 3 rings (SSSR count). The largest absolute Gasteiger partial charge is 0.409 e. The van der Waals surface area contributed by atoms with Crippen LogP contribution in [0.25, 0.3) is 0 Å². The smallest absolute Gasteiger partial charge is 0.320 e. The molecule has 126 valence electrons. The molecule has 1 aromatic heterocycles. The molecule has 0 saturated heterocycles. The zero-order valence-electron chi connectivity index (χ0n) is 12.2. The summed E-state index contributed by atoms with van der Waals surface area (Å²) in [5.41, 5.74) is 0.703. The van der Waals surface area contributed by atoms with Crippen molar-refractivity contribution in [1.82, 2.24) is 10.5 Å². The van der Waals surface area contributed by atoms with Gasteiger partial charge in [-0.2, -0.15) is 0 Å². The average molecular weight is 398 g/mol. The molecule has 1 aliphatic carbocycles. The molecule has 24 heavy (non-hydrogen) atoms. The minimum atomic E-state index is -0.424. The van der Waals surface area contributed by atoms with Crippen LogP contribution in [0, 0.1) is 5.82 Å². The van der Waals surface area contributed by atoms with Crippen LogP contribution in [-0.4, -0.2) is 28.3 Å². The molecule has 1 fully saturated rings. The molecule has 2 aromatic rings. The fourth-order valence-electron chi connectivity index (χ4n) is 1.91. The van der Waals surface area contributed by atoms with Crippen LogP contribution < -0.4 is 16.0 Å². The Hall–Kier alpha value is -2.62. The van der Waals surface area contributed by atoms with Crippen molar-refractivity contribution in [3.63, 3.8) is 0 Å². The van der Waals surface area contributed by atoms with Crippen LogP contribution in [0.1, 0.15) is 18.4 Å². The summed E-state index contributed by atoms with van der Waals surface area (Å²) in [6, 6.07) is 3.94. The lowest BCUT2D eigenvalue weighted by Crippen LogP contribution is -2.31. The molecule has 10 heteroatoms. The van der Waals surface area contributed by atoms with Crippen molar-refractivity contribution in [3.8, 4) is 0 Å². The number of amidine groups is 1. The van der Waals surface area contributed by atoms with Crippen molar-refractivity contribution in [2.75, 3.05) is 10.6 Å². The van der Waals surface area contributed by atoms with Crippen LogP contribution in [0.2, 0.25) is 0 Å². The molecule has 0 radical (unpaired) electrons. The third kappa shape index (κ3) is 3.82. The van der Waals surface area contributed by atoms with E-state index in [1.807, 2.05) is 0 Å². The molecule has 4 N–H and O–H groups in total. The Morgan fingerprint density at radius 2 is 2.21 bits per heavy atom. The molecule has 0 unspecified atom stereocenters. The topological polar surface area (TPSA) is 112 Å². The van der Waals surface area contributed by atoms with Gasteiger partial charge in [0.25, 0.3) is 0 Å². The molecule has 1 heterocycles. The Morgan fingerprint density at radius 3 is 2.88 bits per heavy atom. The number of halogens is 2. The molecule has 0 bridgehead atoms. The highest BCUT2D eigenvalue weighted by atomic mass is 79.9. The van der Waals surface area contributed by atoms with Crippen molar-refractivity contribution >= 4 is 39.3 Å². The van der Waals surface area contributed by atoms with E-state index in [1.165, 1.54) is 24.5 Å². The van der Waals surface area contributed by atoms with E-state index < -0.39 is 11.8 Å². The van der Waals surface area contributed by atoms with E-state index >= 15 is 0 Å². The second-order valence-corrected chi connectivity index (χ2v) is 6.01. The molecule has 2 amide bonds. The van der Waals surface area contributed by atoms with Gasteiger partial charge in [-0.25, -0.2) is 9.18 Å². The van der Waals surface area contributed by atoms with Crippen molar-refractivity contribution < 1.29 is 18.9 Å². The van der Waals surface area contributed by atoms with Gasteiger partial charge in [0.2, 0.25) is 0 Å². The second kappa shape index (κ2) is 6.87. The van der Waals surface area contributed by atoms with Crippen molar-refractivity contribution in [2.24, 2.45) is 5.16 Å². The predicted octanol–water partition coefficient (Wildman–Crippen LogP) is 3.11. The number of hydrogen-bond acceptors (Lipinski definition) is 5. The Kier molecular flexibility index (Phi) is 4.65. The summed E-state index contributed by atoms with van der Waals surface area (Å²) in [7, 11) is 0. The van der Waals surface area contributed by atoms with Crippen LogP contribution in [0.3, 0.4) is 0 Å². The summed E-state index contributed by atoms with van der Waals surface area (Å²) in [6.07, 6.45) is 3.11. The summed E-state index contributed by atoms with van der Waals surface area (Å²) in [5, 5.41) is 24.1. The standard InChI is InChI=1S/C14H13BrFN5O3/c15-10-5-8(3-4-11(10)16)17-12(20-23)9-6-24-21-13(9)19-14(22)18-7-1-2-7/h3-7,23H,1-2H2,(H,17,20)(H2,18,19,21,22). The van der Waals surface area contributed by atoms with Crippen molar-refractivity contribution in [1.29, 1.82) is 0 Å². The van der Waals surface area contributed by atoms with Gasteiger partial charge in [0.15, 0.2) is 11.7 Å². The number of oxime groups is 1. The fourth-order valence-corrected chi connectivity index (χ4v) is 2.29. The van der Waals surface area contributed by atoms with Gasteiger partial charge in [-0.05, 0) is 47.0 Å². The third-order valence-electron chi connectivity index (χ3n) is 3.25. The first-order valence-electron chi connectivity index (χ1n) is 7.03. The maximum atomic E-state index is 13.3. The zero-order chi connectivity index (χ0) is 17.1. The third-order valence-corrected chi connectivity index (χ3v) is 3.86. The number of benzene rings is 1. The first kappa shape index (κ1) is 16.2. The van der Waals surface area contributed by atoms with Crippen LogP contribution in [0.15, 0.2) is 38.6 Å². The summed E-state index contributed by atoms with van der Waals surface area (Å²) in [6.45, 7) is 0. The molecule has 0 spiro atoms. The lowest BCUT2D eigenvalue weighted by molar-refractivity contribution is 0.251. The van der Waals surface area contributed by atoms with E-state index in [9.17, 15) is 14.4 Å². The second-order valence-electron chi connectivity index (χ2n) is 5.15. The van der Waals surface area contributed by atoms with Crippen molar-refractivity contribution in [3.05, 3.63) is 40.3 Å². The van der Waals surface area contributed by atoms with E-state index in [2.05, 4.69) is 42.2 Å². The average Bonchev–Trinajstić information content (AvgIpc) is 3.25. The Balaban J connectivity index is 1.74. The minimum Gasteiger partial charge on any atom is -0.409 e. The normalized spacial score (nSPS) is 14.3. The van der Waals surface area contributed by atoms with Crippen molar-refractivity contribution in [2.45, 2.75) is 18.9 Å². The molecule has 0 aliphatic heterocycles. The number of carbonyl (C=O) groups is 1. The zero-order valence-corrected chi connectivity index (χ0v) is 13.8. The summed E-state index contributed by atoms with van der Waals surface area (Å²) in [4.78, 5) is 11.8. The number of hydrogen-bond donors (Lipinski definition) is 4. The van der Waals surface area contributed by atoms with Gasteiger partial charge >= 0.3 is 6.03 Å². The van der Waals surface area contributed by atoms with Gasteiger partial charge in [0.05, 0.1) is 4.47 Å². The number of aromatic nitrogens is 1. The summed E-state index contributed by atoms with van der Waals surface area (Å²) >= 11 is 3.07. The first-order valence-corrected chi connectivity index (χ1v) is 7.82. The molecule has 1 saturated carbocycles. The molecule has 1 aliphatic rings. The molecule has 1 aromatic carbocycles. The van der Waals surface area contributed by atoms with Gasteiger partial charge in [-0.3, -0.25) is 5.32 Å².